The van der Waals surface area contributed by atoms with E-state index in [0.717, 1.165) is 0 Å². The molecule has 0 spiro atoms. The fourth-order valence-corrected chi connectivity index (χ4v) is 1.60. The van der Waals surface area contributed by atoms with Gasteiger partial charge in [0, 0.05) is 0 Å². The van der Waals surface area contributed by atoms with Crippen molar-refractivity contribution < 1.29 is 24.6 Å². The third-order valence-electron chi connectivity index (χ3n) is 2.55. The number of carbonyl (C=O) groups is 1. The Hall–Kier alpha value is -3.09. The first-order valence-electron chi connectivity index (χ1n) is 5.92. The molecule has 0 aliphatic heterocycles. The van der Waals surface area contributed by atoms with Gasteiger partial charge in [-0.1, -0.05) is 12.1 Å². The first-order valence-corrected chi connectivity index (χ1v) is 5.92. The molecule has 0 fully saturated rings. The van der Waals surface area contributed by atoms with Crippen LogP contribution in [0.4, 0.5) is 0 Å². The Kier molecular flexibility index (Phi) is 4.35. The van der Waals surface area contributed by atoms with Crippen LogP contribution >= 0.6 is 0 Å². The number of esters is 1. The zero-order chi connectivity index (χ0) is 15.2. The van der Waals surface area contributed by atoms with Crippen molar-refractivity contribution in [1.82, 2.24) is 0 Å². The maximum absolute atomic E-state index is 11.9. The van der Waals surface area contributed by atoms with Crippen molar-refractivity contribution in [3.8, 4) is 11.5 Å². The van der Waals surface area contributed by atoms with E-state index >= 15 is 0 Å². The van der Waals surface area contributed by atoms with E-state index in [1.807, 2.05) is 0 Å². The Bertz CT molecular complexity index is 653. The normalized spacial score (nSPS) is 9.90. The first kappa shape index (κ1) is 14.3. The SMILES string of the molecule is O=C(Oc1ccc(O)cc1)c1cccc(CO[N+](=O)[O-])c1. The van der Waals surface area contributed by atoms with Crippen LogP contribution in [0.5, 0.6) is 11.5 Å². The third-order valence-corrected chi connectivity index (χ3v) is 2.55. The van der Waals surface area contributed by atoms with Crippen molar-refractivity contribution in [3.63, 3.8) is 0 Å². The van der Waals surface area contributed by atoms with Gasteiger partial charge in [0.05, 0.1) is 5.56 Å². The molecule has 1 N–H and O–H groups in total. The molecule has 0 saturated carbocycles. The van der Waals surface area contributed by atoms with Gasteiger partial charge in [-0.25, -0.2) is 4.79 Å². The number of hydrogen-bond acceptors (Lipinski definition) is 6. The number of ether oxygens (including phenoxy) is 1. The van der Waals surface area contributed by atoms with Gasteiger partial charge in [-0.05, 0) is 42.0 Å². The molecular weight excluding hydrogens is 278 g/mol. The summed E-state index contributed by atoms with van der Waals surface area (Å²) in [5.41, 5.74) is 0.722. The minimum atomic E-state index is -0.901. The van der Waals surface area contributed by atoms with E-state index in [9.17, 15) is 14.9 Å². The van der Waals surface area contributed by atoms with Crippen molar-refractivity contribution in [2.75, 3.05) is 0 Å². The van der Waals surface area contributed by atoms with Crippen LogP contribution in [0, 0.1) is 10.1 Å². The quantitative estimate of drug-likeness (QED) is 0.392. The number of nitrogens with zero attached hydrogens (tertiary/aromatic N) is 1. The highest BCUT2D eigenvalue weighted by Crippen LogP contribution is 2.17. The van der Waals surface area contributed by atoms with Gasteiger partial charge in [-0.2, -0.15) is 0 Å². The van der Waals surface area contributed by atoms with E-state index in [2.05, 4.69) is 4.84 Å². The lowest BCUT2D eigenvalue weighted by Gasteiger charge is -2.06. The van der Waals surface area contributed by atoms with Crippen molar-refractivity contribution in [2.45, 2.75) is 6.61 Å². The number of phenolic OH excluding ortho intramolecular Hbond substituents is 1. The molecule has 0 heterocycles. The van der Waals surface area contributed by atoms with E-state index < -0.39 is 11.1 Å². The number of carbonyl (C=O) groups excluding carboxylic acids is 1. The van der Waals surface area contributed by atoms with Gasteiger partial charge in [0.1, 0.15) is 18.1 Å². The van der Waals surface area contributed by atoms with Gasteiger partial charge >= 0.3 is 5.97 Å². The van der Waals surface area contributed by atoms with Gasteiger partial charge < -0.3 is 14.7 Å². The molecule has 0 amide bonds. The maximum Gasteiger partial charge on any atom is 0.343 e. The molecule has 108 valence electrons. The van der Waals surface area contributed by atoms with Crippen LogP contribution in [0.1, 0.15) is 15.9 Å². The monoisotopic (exact) mass is 289 g/mol. The minimum absolute atomic E-state index is 0.0636. The average Bonchev–Trinajstić information content (AvgIpc) is 2.48. The summed E-state index contributed by atoms with van der Waals surface area (Å²) in [5, 5.41) is 18.4. The Morgan fingerprint density at radius 2 is 1.90 bits per heavy atom. The van der Waals surface area contributed by atoms with Gasteiger partial charge in [0.25, 0.3) is 5.09 Å². The fraction of sp³-hybridized carbons (Fsp3) is 0.0714. The van der Waals surface area contributed by atoms with Gasteiger partial charge in [0.15, 0.2) is 0 Å². The van der Waals surface area contributed by atoms with Crippen molar-refractivity contribution >= 4 is 5.97 Å². The fourth-order valence-electron chi connectivity index (χ4n) is 1.60. The molecule has 0 radical (unpaired) electrons. The smallest absolute Gasteiger partial charge is 0.343 e. The molecule has 0 aliphatic rings. The summed E-state index contributed by atoms with van der Waals surface area (Å²) in [7, 11) is 0. The molecule has 0 atom stereocenters. The highest BCUT2D eigenvalue weighted by Gasteiger charge is 2.10. The molecule has 7 nitrogen and oxygen atoms in total. The summed E-state index contributed by atoms with van der Waals surface area (Å²) in [6.45, 7) is -0.243. The largest absolute Gasteiger partial charge is 0.508 e. The second-order valence-electron chi connectivity index (χ2n) is 4.08. The number of aromatic hydroxyl groups is 1. The van der Waals surface area contributed by atoms with Crippen molar-refractivity contribution in [3.05, 3.63) is 69.8 Å². The summed E-state index contributed by atoms with van der Waals surface area (Å²) >= 11 is 0. The summed E-state index contributed by atoms with van der Waals surface area (Å²) in [5.74, 6) is -0.262. The molecular formula is C14H11NO6. The van der Waals surface area contributed by atoms with Crippen LogP contribution in [0.2, 0.25) is 0 Å². The Balaban J connectivity index is 2.06. The average molecular weight is 289 g/mol. The Labute approximate surface area is 119 Å². The summed E-state index contributed by atoms with van der Waals surface area (Å²) < 4.78 is 5.11. The lowest BCUT2D eigenvalue weighted by molar-refractivity contribution is -0.763. The van der Waals surface area contributed by atoms with E-state index in [0.29, 0.717) is 5.56 Å². The second kappa shape index (κ2) is 6.38. The maximum atomic E-state index is 11.9. The van der Waals surface area contributed by atoms with E-state index in [1.165, 1.54) is 36.4 Å². The molecule has 2 aromatic carbocycles. The van der Waals surface area contributed by atoms with Crippen LogP contribution in [0.3, 0.4) is 0 Å². The lowest BCUT2D eigenvalue weighted by Crippen LogP contribution is -2.09. The summed E-state index contributed by atoms with van der Waals surface area (Å²) in [6, 6.07) is 11.8. The van der Waals surface area contributed by atoms with Gasteiger partial charge in [-0.15, -0.1) is 10.1 Å². The summed E-state index contributed by atoms with van der Waals surface area (Å²) in [6.07, 6.45) is 0. The molecule has 0 unspecified atom stereocenters. The van der Waals surface area contributed by atoms with E-state index in [4.69, 9.17) is 9.84 Å². The standard InChI is InChI=1S/C14H11NO6/c16-12-4-6-13(7-5-12)21-14(17)11-3-1-2-10(8-11)9-20-15(18)19/h1-8,16H,9H2. The predicted molar refractivity (Wildman–Crippen MR) is 71.3 cm³/mol. The highest BCUT2D eigenvalue weighted by molar-refractivity contribution is 5.91. The lowest BCUT2D eigenvalue weighted by atomic mass is 10.1. The number of rotatable bonds is 5. The molecule has 7 heteroatoms. The number of hydrogen-bond donors (Lipinski definition) is 1. The van der Waals surface area contributed by atoms with Crippen LogP contribution in [0.15, 0.2) is 48.5 Å². The molecule has 0 aliphatic carbocycles. The van der Waals surface area contributed by atoms with Gasteiger partial charge in [-0.3, -0.25) is 0 Å². The zero-order valence-electron chi connectivity index (χ0n) is 10.8. The van der Waals surface area contributed by atoms with Crippen molar-refractivity contribution in [2.24, 2.45) is 0 Å². The molecule has 0 bridgehead atoms. The van der Waals surface area contributed by atoms with Crippen molar-refractivity contribution in [1.29, 1.82) is 0 Å². The first-order chi connectivity index (χ1) is 10.0. The number of benzene rings is 2. The highest BCUT2D eigenvalue weighted by atomic mass is 16.9. The molecule has 21 heavy (non-hydrogen) atoms. The van der Waals surface area contributed by atoms with E-state index in [-0.39, 0.29) is 23.7 Å². The Morgan fingerprint density at radius 3 is 2.57 bits per heavy atom. The Morgan fingerprint density at radius 1 is 1.19 bits per heavy atom. The van der Waals surface area contributed by atoms with Crippen LogP contribution in [0.25, 0.3) is 0 Å². The van der Waals surface area contributed by atoms with Crippen LogP contribution < -0.4 is 4.74 Å². The second-order valence-corrected chi connectivity index (χ2v) is 4.08. The zero-order valence-corrected chi connectivity index (χ0v) is 10.8. The molecule has 2 rings (SSSR count). The molecule has 0 aromatic heterocycles. The van der Waals surface area contributed by atoms with Crippen LogP contribution in [-0.2, 0) is 11.4 Å². The molecule has 2 aromatic rings. The topological polar surface area (TPSA) is 98.9 Å². The summed E-state index contributed by atoms with van der Waals surface area (Å²) in [4.78, 5) is 26.3. The molecule has 0 saturated heterocycles. The minimum Gasteiger partial charge on any atom is -0.508 e. The predicted octanol–water partition coefficient (Wildman–Crippen LogP) is 2.32. The third kappa shape index (κ3) is 4.20. The number of phenols is 1. The van der Waals surface area contributed by atoms with E-state index in [1.54, 1.807) is 12.1 Å². The van der Waals surface area contributed by atoms with Gasteiger partial charge in [0.2, 0.25) is 0 Å². The van der Waals surface area contributed by atoms with Crippen LogP contribution in [-0.4, -0.2) is 16.2 Å².